The largest absolute Gasteiger partial charge is 0.465 e. The van der Waals surface area contributed by atoms with Gasteiger partial charge in [-0.15, -0.1) is 0 Å². The number of halogens is 1. The van der Waals surface area contributed by atoms with Crippen LogP contribution in [0.1, 0.15) is 20.7 Å². The maximum atomic E-state index is 12.8. The number of anilines is 2. The second kappa shape index (κ2) is 9.20. The van der Waals surface area contributed by atoms with Gasteiger partial charge in [-0.1, -0.05) is 11.6 Å². The smallest absolute Gasteiger partial charge is 0.337 e. The van der Waals surface area contributed by atoms with E-state index in [1.165, 1.54) is 50.6 Å². The first kappa shape index (κ1) is 22.3. The Morgan fingerprint density at radius 2 is 1.42 bits per heavy atom. The molecule has 31 heavy (non-hydrogen) atoms. The average molecular weight is 459 g/mol. The zero-order valence-corrected chi connectivity index (χ0v) is 18.3. The van der Waals surface area contributed by atoms with Gasteiger partial charge in [-0.2, -0.15) is 0 Å². The third-order valence-corrected chi connectivity index (χ3v) is 6.58. The van der Waals surface area contributed by atoms with Crippen LogP contribution in [0.15, 0.2) is 77.7 Å². The van der Waals surface area contributed by atoms with Gasteiger partial charge in [0, 0.05) is 23.3 Å². The quantitative estimate of drug-likeness (QED) is 0.559. The van der Waals surface area contributed by atoms with E-state index in [-0.39, 0.29) is 10.8 Å². The number of benzene rings is 3. The highest BCUT2D eigenvalue weighted by atomic mass is 35.5. The summed E-state index contributed by atoms with van der Waals surface area (Å²) < 4.78 is 31.3. The van der Waals surface area contributed by atoms with Gasteiger partial charge < -0.3 is 10.1 Å². The van der Waals surface area contributed by atoms with Crippen molar-refractivity contribution >= 4 is 44.9 Å². The number of nitrogens with one attached hydrogen (secondary N) is 1. The van der Waals surface area contributed by atoms with Crippen LogP contribution in [0.5, 0.6) is 0 Å². The number of carbonyl (C=O) groups is 2. The molecule has 3 aromatic rings. The molecule has 0 aliphatic rings. The number of amides is 1. The number of methoxy groups -OCH3 is 1. The Morgan fingerprint density at radius 3 is 1.97 bits per heavy atom. The molecule has 7 nitrogen and oxygen atoms in total. The molecule has 1 amide bonds. The molecule has 160 valence electrons. The zero-order valence-electron chi connectivity index (χ0n) is 16.7. The SMILES string of the molecule is COC(=O)c1ccc(NC(=O)c2ccc(N(C)S(=O)(=O)c3ccc(Cl)cc3)cc2)cc1. The van der Waals surface area contributed by atoms with Crippen LogP contribution in [0, 0.1) is 0 Å². The molecule has 0 heterocycles. The van der Waals surface area contributed by atoms with Gasteiger partial charge in [0.25, 0.3) is 15.9 Å². The van der Waals surface area contributed by atoms with E-state index in [1.54, 1.807) is 36.4 Å². The van der Waals surface area contributed by atoms with Crippen molar-refractivity contribution < 1.29 is 22.7 Å². The van der Waals surface area contributed by atoms with Crippen LogP contribution in [-0.2, 0) is 14.8 Å². The number of sulfonamides is 1. The molecule has 3 aromatic carbocycles. The lowest BCUT2D eigenvalue weighted by molar-refractivity contribution is 0.0600. The van der Waals surface area contributed by atoms with Gasteiger partial charge in [-0.05, 0) is 72.8 Å². The summed E-state index contributed by atoms with van der Waals surface area (Å²) in [6.07, 6.45) is 0. The second-order valence-electron chi connectivity index (χ2n) is 6.50. The van der Waals surface area contributed by atoms with Crippen LogP contribution in [0.2, 0.25) is 5.02 Å². The summed E-state index contributed by atoms with van der Waals surface area (Å²) in [7, 11) is -1.04. The van der Waals surface area contributed by atoms with Crippen LogP contribution in [0.4, 0.5) is 11.4 Å². The molecule has 0 radical (unpaired) electrons. The van der Waals surface area contributed by atoms with Crippen LogP contribution >= 0.6 is 11.6 Å². The van der Waals surface area contributed by atoms with E-state index in [4.69, 9.17) is 11.6 Å². The lowest BCUT2D eigenvalue weighted by atomic mass is 10.1. The standard InChI is InChI=1S/C22H19ClN2O5S/c1-25(31(28,29)20-13-7-17(23)8-14-20)19-11-5-15(6-12-19)21(26)24-18-9-3-16(4-10-18)22(27)30-2/h3-14H,1-2H3,(H,24,26). The van der Waals surface area contributed by atoms with Crippen LogP contribution in [0.3, 0.4) is 0 Å². The van der Waals surface area contributed by atoms with Crippen molar-refractivity contribution in [1.82, 2.24) is 0 Å². The molecule has 0 unspecified atom stereocenters. The Hall–Kier alpha value is -3.36. The molecule has 3 rings (SSSR count). The van der Waals surface area contributed by atoms with E-state index in [2.05, 4.69) is 10.1 Å². The fraction of sp³-hybridized carbons (Fsp3) is 0.0909. The van der Waals surface area contributed by atoms with Gasteiger partial charge in [0.15, 0.2) is 0 Å². The predicted molar refractivity (Wildman–Crippen MR) is 119 cm³/mol. The summed E-state index contributed by atoms with van der Waals surface area (Å²) in [5.74, 6) is -0.841. The number of rotatable bonds is 6. The molecule has 0 bridgehead atoms. The molecular weight excluding hydrogens is 440 g/mol. The first-order valence-electron chi connectivity index (χ1n) is 9.06. The van der Waals surface area contributed by atoms with Crippen molar-refractivity contribution in [2.45, 2.75) is 4.90 Å². The minimum absolute atomic E-state index is 0.108. The molecule has 1 N–H and O–H groups in total. The summed E-state index contributed by atoms with van der Waals surface area (Å²) in [5, 5.41) is 3.16. The highest BCUT2D eigenvalue weighted by Gasteiger charge is 2.21. The first-order valence-corrected chi connectivity index (χ1v) is 10.9. The number of ether oxygens (including phenoxy) is 1. The topological polar surface area (TPSA) is 92.8 Å². The molecule has 0 aliphatic heterocycles. The number of hydrogen-bond donors (Lipinski definition) is 1. The second-order valence-corrected chi connectivity index (χ2v) is 8.90. The maximum absolute atomic E-state index is 12.8. The third kappa shape index (κ3) is 5.04. The lowest BCUT2D eigenvalue weighted by Gasteiger charge is -2.19. The van der Waals surface area contributed by atoms with Crippen LogP contribution in [0.25, 0.3) is 0 Å². The van der Waals surface area contributed by atoms with E-state index in [0.717, 1.165) is 4.31 Å². The molecule has 0 spiro atoms. The normalized spacial score (nSPS) is 10.9. The van der Waals surface area contributed by atoms with E-state index >= 15 is 0 Å². The van der Waals surface area contributed by atoms with E-state index in [1.807, 2.05) is 0 Å². The van der Waals surface area contributed by atoms with Crippen LogP contribution in [-0.4, -0.2) is 34.5 Å². The van der Waals surface area contributed by atoms with Crippen molar-refractivity contribution in [3.8, 4) is 0 Å². The van der Waals surface area contributed by atoms with Gasteiger partial charge in [0.2, 0.25) is 0 Å². The molecule has 0 saturated heterocycles. The summed E-state index contributed by atoms with van der Waals surface area (Å²) in [5.41, 5.74) is 1.62. The van der Waals surface area contributed by atoms with E-state index in [9.17, 15) is 18.0 Å². The predicted octanol–water partition coefficient (Wildman–Crippen LogP) is 4.20. The van der Waals surface area contributed by atoms with Crippen molar-refractivity contribution in [1.29, 1.82) is 0 Å². The Bertz CT molecular complexity index is 1190. The molecule has 9 heteroatoms. The number of esters is 1. The minimum Gasteiger partial charge on any atom is -0.465 e. The fourth-order valence-electron chi connectivity index (χ4n) is 2.74. The molecular formula is C22H19ClN2O5S. The summed E-state index contributed by atoms with van der Waals surface area (Å²) in [6, 6.07) is 18.3. The Balaban J connectivity index is 1.72. The van der Waals surface area contributed by atoms with Gasteiger partial charge >= 0.3 is 5.97 Å². The summed E-state index contributed by atoms with van der Waals surface area (Å²) >= 11 is 5.82. The van der Waals surface area contributed by atoms with Crippen molar-refractivity contribution in [2.75, 3.05) is 23.8 Å². The average Bonchev–Trinajstić information content (AvgIpc) is 2.79. The number of hydrogen-bond acceptors (Lipinski definition) is 5. The van der Waals surface area contributed by atoms with Gasteiger partial charge in [-0.3, -0.25) is 9.10 Å². The summed E-state index contributed by atoms with van der Waals surface area (Å²) in [6.45, 7) is 0. The monoisotopic (exact) mass is 458 g/mol. The molecule has 0 fully saturated rings. The first-order chi connectivity index (χ1) is 14.7. The minimum atomic E-state index is -3.77. The Kier molecular flexibility index (Phi) is 6.62. The highest BCUT2D eigenvalue weighted by Crippen LogP contribution is 2.24. The Morgan fingerprint density at radius 1 is 0.871 bits per heavy atom. The van der Waals surface area contributed by atoms with Gasteiger partial charge in [-0.25, -0.2) is 13.2 Å². The molecule has 0 aliphatic carbocycles. The zero-order chi connectivity index (χ0) is 22.6. The van der Waals surface area contributed by atoms with Crippen molar-refractivity contribution in [2.24, 2.45) is 0 Å². The molecule has 0 atom stereocenters. The van der Waals surface area contributed by atoms with Crippen LogP contribution < -0.4 is 9.62 Å². The lowest BCUT2D eigenvalue weighted by Crippen LogP contribution is -2.26. The van der Waals surface area contributed by atoms with Crippen molar-refractivity contribution in [3.05, 3.63) is 88.9 Å². The van der Waals surface area contributed by atoms with Gasteiger partial charge in [0.05, 0.1) is 23.3 Å². The van der Waals surface area contributed by atoms with Crippen molar-refractivity contribution in [3.63, 3.8) is 0 Å². The number of nitrogens with zero attached hydrogens (tertiary/aromatic N) is 1. The molecule has 0 aromatic heterocycles. The molecule has 0 saturated carbocycles. The third-order valence-electron chi connectivity index (χ3n) is 4.53. The fourth-order valence-corrected chi connectivity index (χ4v) is 4.06. The van der Waals surface area contributed by atoms with Gasteiger partial charge in [0.1, 0.15) is 0 Å². The Labute approximate surface area is 185 Å². The van der Waals surface area contributed by atoms with E-state index < -0.39 is 16.0 Å². The highest BCUT2D eigenvalue weighted by molar-refractivity contribution is 7.92. The number of carbonyl (C=O) groups excluding carboxylic acids is 2. The van der Waals surface area contributed by atoms with E-state index in [0.29, 0.717) is 27.5 Å². The maximum Gasteiger partial charge on any atom is 0.337 e. The summed E-state index contributed by atoms with van der Waals surface area (Å²) in [4.78, 5) is 24.1.